The van der Waals surface area contributed by atoms with Gasteiger partial charge in [-0.15, -0.1) is 0 Å². The van der Waals surface area contributed by atoms with Crippen LogP contribution >= 0.6 is 0 Å². The van der Waals surface area contributed by atoms with E-state index >= 15 is 0 Å². The molecule has 9 aliphatic carbocycles. The zero-order chi connectivity index (χ0) is 101. The van der Waals surface area contributed by atoms with Crippen LogP contribution in [0.2, 0.25) is 0 Å². The number of hydrogen-bond acceptors (Lipinski definition) is 6. The van der Waals surface area contributed by atoms with E-state index in [4.69, 9.17) is 28.4 Å². The number of rotatable bonds is 0. The van der Waals surface area contributed by atoms with Crippen molar-refractivity contribution in [2.75, 3.05) is 0 Å². The van der Waals surface area contributed by atoms with Gasteiger partial charge in [-0.05, 0) is 334 Å². The van der Waals surface area contributed by atoms with Crippen molar-refractivity contribution in [3.63, 3.8) is 0 Å². The monoisotopic (exact) mass is 1910 g/mol. The van der Waals surface area contributed by atoms with Crippen molar-refractivity contribution in [3.8, 4) is 169 Å². The van der Waals surface area contributed by atoms with Gasteiger partial charge in [0.25, 0.3) is 20.1 Å². The SMILES string of the molecule is CC.CC.CC.CC.CC.CC.CC.CC.CC.c1ccc2c(c1)Cc1c-2cc2c3c1Cc1cc4c(c5c1B3c1c(cc3c(c1O2)Cc1ccccc1-3)O5)Cc1ccccc1-4.c1ccc2c(c1)Cc1c-2cc2c3c1Cc1cc4c(c5c1B3c1c(cc3c(c1O5)-c1ccccc1C3)O2)-c1ccccc1C4.c1ccc2c(c1)Cc1cc3c4c(c1-2)Cc1cc2c(c5c1B4c1c(cc4c(c1O5)-c1ccccc1C4)O3)-c1ccccc1C2. The van der Waals surface area contributed by atoms with Gasteiger partial charge >= 0.3 is 0 Å². The third kappa shape index (κ3) is 13.1. The summed E-state index contributed by atoms with van der Waals surface area (Å²) in [5, 5.41) is 0. The Labute approximate surface area is 868 Å². The first-order chi connectivity index (χ1) is 72.9. The van der Waals surface area contributed by atoms with Crippen LogP contribution in [0.3, 0.4) is 0 Å². The molecule has 9 heterocycles. The lowest BCUT2D eigenvalue weighted by Gasteiger charge is -2.40. The molecule has 0 amide bonds. The summed E-state index contributed by atoms with van der Waals surface area (Å²) in [6, 6.07) is 102. The maximum absolute atomic E-state index is 7.32. The van der Waals surface area contributed by atoms with Crippen molar-refractivity contribution in [2.24, 2.45) is 0 Å². The molecule has 18 aliphatic rings. The van der Waals surface area contributed by atoms with Gasteiger partial charge in [0.15, 0.2) is 0 Å². The van der Waals surface area contributed by atoms with Gasteiger partial charge in [-0.25, -0.2) is 0 Å². The molecule has 147 heavy (non-hydrogen) atoms. The summed E-state index contributed by atoms with van der Waals surface area (Å²) < 4.78 is 42.8. The minimum absolute atomic E-state index is 0.102. The molecule has 9 aliphatic heterocycles. The van der Waals surface area contributed by atoms with Crippen LogP contribution in [0, 0.1) is 0 Å². The van der Waals surface area contributed by atoms with Crippen LogP contribution in [0.25, 0.3) is 100 Å². The average Bonchev–Trinajstić information content (AvgIpc) is 1.66. The summed E-state index contributed by atoms with van der Waals surface area (Å²) in [5.74, 6) is 12.3. The molecule has 720 valence electrons. The fourth-order valence-corrected chi connectivity index (χ4v) is 28.3. The summed E-state index contributed by atoms with van der Waals surface area (Å²) in [6.45, 7) is 36.3. The number of fused-ring (bicyclic) bond motifs is 36. The van der Waals surface area contributed by atoms with E-state index in [0.29, 0.717) is 0 Å². The molecule has 0 bridgehead atoms. The lowest BCUT2D eigenvalue weighted by Crippen LogP contribution is -2.62. The predicted octanol–water partition coefficient (Wildman–Crippen LogP) is 30.3. The van der Waals surface area contributed by atoms with E-state index in [2.05, 4.69) is 273 Å². The van der Waals surface area contributed by atoms with Crippen LogP contribution in [0.4, 0.5) is 0 Å². The number of hydrogen-bond donors (Lipinski definition) is 0. The summed E-state index contributed by atoms with van der Waals surface area (Å²) >= 11 is 0. The molecule has 36 rings (SSSR count). The molecule has 0 N–H and O–H groups in total. The third-order valence-electron chi connectivity index (χ3n) is 33.2. The Hall–Kier alpha value is -15.0. The maximum atomic E-state index is 7.32. The van der Waals surface area contributed by atoms with E-state index in [9.17, 15) is 0 Å². The molecule has 0 unspecified atom stereocenters. The van der Waals surface area contributed by atoms with Gasteiger partial charge in [0, 0.05) is 62.6 Å². The maximum Gasteiger partial charge on any atom is 0.261 e. The van der Waals surface area contributed by atoms with Gasteiger partial charge in [0.05, 0.1) is 0 Å². The highest BCUT2D eigenvalue weighted by atomic mass is 16.5. The first-order valence-corrected chi connectivity index (χ1v) is 55.4. The zero-order valence-electron chi connectivity index (χ0n) is 88.1. The van der Waals surface area contributed by atoms with Crippen LogP contribution in [-0.2, 0) is 77.0 Å². The van der Waals surface area contributed by atoms with E-state index in [1.54, 1.807) is 0 Å². The quantitative estimate of drug-likeness (QED) is 0.141. The van der Waals surface area contributed by atoms with Crippen LogP contribution in [0.15, 0.2) is 273 Å². The first-order valence-electron chi connectivity index (χ1n) is 55.4. The Balaban J connectivity index is 0.000000107. The van der Waals surface area contributed by atoms with Gasteiger partial charge < -0.3 is 28.4 Å². The largest absolute Gasteiger partial charge is 0.458 e. The van der Waals surface area contributed by atoms with Gasteiger partial charge in [-0.1, -0.05) is 361 Å². The second kappa shape index (κ2) is 36.6. The molecule has 0 aromatic heterocycles. The Bertz CT molecular complexity index is 8340. The van der Waals surface area contributed by atoms with E-state index in [1.807, 2.05) is 125 Å². The Kier molecular flexibility index (Phi) is 23.1. The van der Waals surface area contributed by atoms with Crippen LogP contribution in [0.5, 0.6) is 69.0 Å². The normalized spacial score (nSPS) is 13.9. The molecule has 0 radical (unpaired) electrons. The molecule has 6 nitrogen and oxygen atoms in total. The highest BCUT2D eigenvalue weighted by molar-refractivity contribution is 7.01. The predicted molar refractivity (Wildman–Crippen MR) is 617 cm³/mol. The van der Waals surface area contributed by atoms with Crippen LogP contribution in [-0.4, -0.2) is 20.1 Å². The van der Waals surface area contributed by atoms with E-state index in [1.165, 1.54) is 283 Å². The lowest BCUT2D eigenvalue weighted by molar-refractivity contribution is 0.459. The van der Waals surface area contributed by atoms with Crippen LogP contribution < -0.4 is 77.6 Å². The fourth-order valence-electron chi connectivity index (χ4n) is 28.3. The van der Waals surface area contributed by atoms with Crippen molar-refractivity contribution >= 4 is 69.3 Å². The molecule has 0 spiro atoms. The Morgan fingerprint density at radius 1 is 0.136 bits per heavy atom. The molecule has 18 aromatic rings. The van der Waals surface area contributed by atoms with Gasteiger partial charge in [-0.3, -0.25) is 0 Å². The van der Waals surface area contributed by atoms with E-state index in [-0.39, 0.29) is 20.1 Å². The number of ether oxygens (including phenoxy) is 6. The lowest BCUT2D eigenvalue weighted by atomic mass is 9.31. The van der Waals surface area contributed by atoms with Gasteiger partial charge in [0.2, 0.25) is 0 Å². The second-order valence-corrected chi connectivity index (χ2v) is 39.2. The second-order valence-electron chi connectivity index (χ2n) is 39.2. The van der Waals surface area contributed by atoms with Gasteiger partial charge in [0.1, 0.15) is 69.0 Å². The minimum atomic E-state index is 0.102. The topological polar surface area (TPSA) is 55.4 Å². The van der Waals surface area contributed by atoms with Crippen molar-refractivity contribution in [1.82, 2.24) is 0 Å². The van der Waals surface area contributed by atoms with Crippen molar-refractivity contribution in [1.29, 1.82) is 0 Å². The first kappa shape index (κ1) is 93.0. The molecule has 18 aromatic carbocycles. The average molecular weight is 1910 g/mol. The molecule has 0 fully saturated rings. The highest BCUT2D eigenvalue weighted by Crippen LogP contribution is 2.60. The summed E-state index contributed by atoms with van der Waals surface area (Å²) in [7, 11) is 0. The van der Waals surface area contributed by atoms with Gasteiger partial charge in [-0.2, -0.15) is 0 Å². The van der Waals surface area contributed by atoms with Crippen molar-refractivity contribution in [3.05, 3.63) is 407 Å². The molecule has 0 atom stereocenters. The molecule has 9 heteroatoms. The zero-order valence-corrected chi connectivity index (χ0v) is 88.1. The highest BCUT2D eigenvalue weighted by Gasteiger charge is 2.55. The molecule has 0 saturated heterocycles. The molecular weight excluding hydrogens is 1790 g/mol. The standard InChI is InChI=1S/3C40H23BO2.9C2H6/c1-5-11-25-20(7-1)13-28-29(25)18-34-37-31(28)17-23-16-27-24-10-4-2-8-21(24)14-32(27)39-36(23)41(37)38-35(43-39)19-30-26-12-6-3-9-22(26)15-33(30)40(38)42-34;1-4-10-26-22(9-1)16-29-30(26)19-33-37-31(29)17-25-15-23-13-20-7-2-5-11-27(20)34(23)39-36(25)41(37)38-32(42-33)18-24-14-21-8-3-6-12-28(21)35(24)40(38)43-39;1-4-10-27-20(7-1)14-24-18-31-37-30(33(24)27)17-26-16-23-13-21-8-2-5-11-28(21)34(23)39-36(26)41(37)38-32(42-31)19-25-15-22-9-3-6-12-29(22)35(25)40(38)43-39;9*1-2/h1-12,16,18-19H,13-15,17H2;1-12,15,18-19H,13-14,16-17H2;1-12,16,18-19H,13-15,17H2;9*1-2H3. The third-order valence-corrected chi connectivity index (χ3v) is 33.2. The summed E-state index contributed by atoms with van der Waals surface area (Å²) in [4.78, 5) is 0. The van der Waals surface area contributed by atoms with E-state index < -0.39 is 0 Å². The smallest absolute Gasteiger partial charge is 0.261 e. The Morgan fingerprint density at radius 3 is 0.701 bits per heavy atom. The molecular formula is C138H123B3O6. The van der Waals surface area contributed by atoms with Crippen molar-refractivity contribution < 1.29 is 28.4 Å². The van der Waals surface area contributed by atoms with Crippen LogP contribution in [0.1, 0.15) is 258 Å². The molecule has 0 saturated carbocycles. The van der Waals surface area contributed by atoms with Crippen molar-refractivity contribution in [2.45, 2.75) is 202 Å². The minimum Gasteiger partial charge on any atom is -0.458 e. The summed E-state index contributed by atoms with van der Waals surface area (Å²) in [6.07, 6.45) is 11.3. The summed E-state index contributed by atoms with van der Waals surface area (Å²) in [5.41, 5.74) is 69.5. The number of benzene rings is 18. The fraction of sp³-hybridized carbons (Fsp3) is 0.217. The Morgan fingerprint density at radius 2 is 0.347 bits per heavy atom. The van der Waals surface area contributed by atoms with E-state index in [0.717, 1.165) is 146 Å².